The second-order valence-electron chi connectivity index (χ2n) is 4.89. The van der Waals surface area contributed by atoms with Crippen molar-refractivity contribution < 1.29 is 4.74 Å². The minimum absolute atomic E-state index is 0.188. The molecule has 0 bridgehead atoms. The molecule has 0 spiro atoms. The van der Waals surface area contributed by atoms with Gasteiger partial charge in [0.1, 0.15) is 0 Å². The first-order valence-corrected chi connectivity index (χ1v) is 7.18. The molecule has 1 fully saturated rings. The van der Waals surface area contributed by atoms with Crippen molar-refractivity contribution in [2.75, 3.05) is 32.8 Å². The number of nitrogens with two attached hydrogens (primary N) is 1. The number of thiophene rings is 1. The lowest BCUT2D eigenvalue weighted by Crippen LogP contribution is -2.42. The second kappa shape index (κ2) is 5.96. The van der Waals surface area contributed by atoms with Crippen LogP contribution < -0.4 is 5.73 Å². The number of rotatable bonds is 6. The molecule has 0 amide bonds. The molecule has 1 aliphatic rings. The Morgan fingerprint density at radius 2 is 2.47 bits per heavy atom. The van der Waals surface area contributed by atoms with Crippen LogP contribution in [0.5, 0.6) is 0 Å². The van der Waals surface area contributed by atoms with E-state index in [1.54, 1.807) is 0 Å². The summed E-state index contributed by atoms with van der Waals surface area (Å²) in [4.78, 5) is 3.91. The Morgan fingerprint density at radius 1 is 1.59 bits per heavy atom. The van der Waals surface area contributed by atoms with Crippen LogP contribution in [0, 0.1) is 5.41 Å². The number of hydrogen-bond acceptors (Lipinski definition) is 4. The van der Waals surface area contributed by atoms with Crippen LogP contribution in [0.4, 0.5) is 0 Å². The van der Waals surface area contributed by atoms with Crippen LogP contribution in [0.25, 0.3) is 0 Å². The number of hydrogen-bond donors (Lipinski definition) is 1. The summed E-state index contributed by atoms with van der Waals surface area (Å²) in [6.07, 6.45) is 1.10. The van der Waals surface area contributed by atoms with Gasteiger partial charge in [-0.25, -0.2) is 0 Å². The van der Waals surface area contributed by atoms with E-state index in [0.717, 1.165) is 45.8 Å². The van der Waals surface area contributed by atoms with Gasteiger partial charge in [0.2, 0.25) is 0 Å². The van der Waals surface area contributed by atoms with Gasteiger partial charge < -0.3 is 10.5 Å². The number of nitrogens with zero attached hydrogens (tertiary/aromatic N) is 1. The van der Waals surface area contributed by atoms with Crippen molar-refractivity contribution in [3.05, 3.63) is 22.4 Å². The van der Waals surface area contributed by atoms with Gasteiger partial charge in [-0.1, -0.05) is 13.0 Å². The Labute approximate surface area is 108 Å². The largest absolute Gasteiger partial charge is 0.381 e. The van der Waals surface area contributed by atoms with E-state index in [0.29, 0.717) is 0 Å². The molecule has 17 heavy (non-hydrogen) atoms. The standard InChI is InChI=1S/C13H22N2OS/c1-2-15(8-12-4-3-7-17-12)10-13(9-14)5-6-16-11-13/h3-4,7H,2,5-6,8-11,14H2,1H3. The highest BCUT2D eigenvalue weighted by atomic mass is 32.1. The molecule has 3 nitrogen and oxygen atoms in total. The summed E-state index contributed by atoms with van der Waals surface area (Å²) in [6, 6.07) is 4.32. The molecule has 4 heteroatoms. The minimum atomic E-state index is 0.188. The van der Waals surface area contributed by atoms with Crippen molar-refractivity contribution in [2.45, 2.75) is 19.9 Å². The summed E-state index contributed by atoms with van der Waals surface area (Å²) in [6.45, 7) is 7.80. The fourth-order valence-corrected chi connectivity index (χ4v) is 3.12. The zero-order valence-corrected chi connectivity index (χ0v) is 11.3. The maximum Gasteiger partial charge on any atom is 0.0547 e. The summed E-state index contributed by atoms with van der Waals surface area (Å²) in [5.41, 5.74) is 6.13. The SMILES string of the molecule is CCN(Cc1cccs1)CC1(CN)CCOC1. The van der Waals surface area contributed by atoms with Crippen LogP contribution in [0.1, 0.15) is 18.2 Å². The summed E-state index contributed by atoms with van der Waals surface area (Å²) in [5, 5.41) is 2.14. The van der Waals surface area contributed by atoms with Crippen molar-refractivity contribution in [3.8, 4) is 0 Å². The first-order valence-electron chi connectivity index (χ1n) is 6.30. The Kier molecular flexibility index (Phi) is 4.56. The van der Waals surface area contributed by atoms with E-state index >= 15 is 0 Å². The lowest BCUT2D eigenvalue weighted by atomic mass is 9.87. The van der Waals surface area contributed by atoms with Crippen LogP contribution in [-0.4, -0.2) is 37.7 Å². The molecule has 0 saturated carbocycles. The molecule has 0 radical (unpaired) electrons. The van der Waals surface area contributed by atoms with Crippen LogP contribution in [-0.2, 0) is 11.3 Å². The van der Waals surface area contributed by atoms with Crippen molar-refractivity contribution in [1.82, 2.24) is 4.90 Å². The topological polar surface area (TPSA) is 38.5 Å². The quantitative estimate of drug-likeness (QED) is 0.843. The predicted octanol–water partition coefficient (Wildman–Crippen LogP) is 1.94. The lowest BCUT2D eigenvalue weighted by molar-refractivity contribution is 0.114. The smallest absolute Gasteiger partial charge is 0.0547 e. The second-order valence-corrected chi connectivity index (χ2v) is 5.92. The molecular formula is C13H22N2OS. The van der Waals surface area contributed by atoms with Crippen molar-refractivity contribution in [3.63, 3.8) is 0 Å². The Balaban J connectivity index is 1.94. The third-order valence-electron chi connectivity index (χ3n) is 3.58. The number of ether oxygens (including phenoxy) is 1. The highest BCUT2D eigenvalue weighted by molar-refractivity contribution is 7.09. The average Bonchev–Trinajstić information content (AvgIpc) is 3.00. The molecule has 1 saturated heterocycles. The van der Waals surface area contributed by atoms with Gasteiger partial charge in [0.25, 0.3) is 0 Å². The monoisotopic (exact) mass is 254 g/mol. The van der Waals surface area contributed by atoms with Crippen LogP contribution in [0.3, 0.4) is 0 Å². The Hall–Kier alpha value is -0.420. The van der Waals surface area contributed by atoms with E-state index in [4.69, 9.17) is 10.5 Å². The molecule has 96 valence electrons. The molecule has 2 N–H and O–H groups in total. The first-order chi connectivity index (χ1) is 8.28. The maximum atomic E-state index is 5.94. The normalized spacial score (nSPS) is 24.6. The molecule has 0 aliphatic carbocycles. The van der Waals surface area contributed by atoms with Gasteiger partial charge in [0, 0.05) is 36.5 Å². The third-order valence-corrected chi connectivity index (χ3v) is 4.44. The summed E-state index contributed by atoms with van der Waals surface area (Å²) >= 11 is 1.83. The minimum Gasteiger partial charge on any atom is -0.381 e. The van der Waals surface area contributed by atoms with E-state index in [1.807, 2.05) is 11.3 Å². The average molecular weight is 254 g/mol. The van der Waals surface area contributed by atoms with E-state index in [1.165, 1.54) is 4.88 Å². The van der Waals surface area contributed by atoms with Gasteiger partial charge in [0.15, 0.2) is 0 Å². The summed E-state index contributed by atoms with van der Waals surface area (Å²) < 4.78 is 5.53. The van der Waals surface area contributed by atoms with Gasteiger partial charge in [-0.05, 0) is 24.4 Å². The zero-order valence-electron chi connectivity index (χ0n) is 10.5. The van der Waals surface area contributed by atoms with Crippen LogP contribution in [0.2, 0.25) is 0 Å². The fraction of sp³-hybridized carbons (Fsp3) is 0.692. The molecule has 2 rings (SSSR count). The molecular weight excluding hydrogens is 232 g/mol. The maximum absolute atomic E-state index is 5.94. The van der Waals surface area contributed by atoms with Crippen LogP contribution >= 0.6 is 11.3 Å². The molecule has 2 heterocycles. The van der Waals surface area contributed by atoms with Crippen molar-refractivity contribution in [1.29, 1.82) is 0 Å². The molecule has 1 unspecified atom stereocenters. The van der Waals surface area contributed by atoms with Gasteiger partial charge in [-0.15, -0.1) is 11.3 Å². The zero-order chi connectivity index (χ0) is 12.1. The predicted molar refractivity (Wildman–Crippen MR) is 72.2 cm³/mol. The van der Waals surface area contributed by atoms with Gasteiger partial charge in [0.05, 0.1) is 6.61 Å². The first kappa shape index (κ1) is 13.0. The van der Waals surface area contributed by atoms with E-state index in [9.17, 15) is 0 Å². The van der Waals surface area contributed by atoms with Crippen molar-refractivity contribution in [2.24, 2.45) is 11.1 Å². The molecule has 1 aromatic rings. The van der Waals surface area contributed by atoms with Crippen molar-refractivity contribution >= 4 is 11.3 Å². The Morgan fingerprint density at radius 3 is 3.00 bits per heavy atom. The lowest BCUT2D eigenvalue weighted by Gasteiger charge is -2.32. The molecule has 1 aliphatic heterocycles. The van der Waals surface area contributed by atoms with Gasteiger partial charge in [-0.3, -0.25) is 4.90 Å². The highest BCUT2D eigenvalue weighted by Gasteiger charge is 2.35. The van der Waals surface area contributed by atoms with E-state index < -0.39 is 0 Å². The summed E-state index contributed by atoms with van der Waals surface area (Å²) in [7, 11) is 0. The Bertz CT molecular complexity index is 320. The van der Waals surface area contributed by atoms with E-state index in [-0.39, 0.29) is 5.41 Å². The molecule has 0 aromatic carbocycles. The van der Waals surface area contributed by atoms with Gasteiger partial charge in [-0.2, -0.15) is 0 Å². The fourth-order valence-electron chi connectivity index (χ4n) is 2.38. The molecule has 1 aromatic heterocycles. The van der Waals surface area contributed by atoms with Gasteiger partial charge >= 0.3 is 0 Å². The highest BCUT2D eigenvalue weighted by Crippen LogP contribution is 2.29. The molecule has 1 atom stereocenters. The summed E-state index contributed by atoms with van der Waals surface area (Å²) in [5.74, 6) is 0. The van der Waals surface area contributed by atoms with Crippen LogP contribution in [0.15, 0.2) is 17.5 Å². The van der Waals surface area contributed by atoms with E-state index in [2.05, 4.69) is 29.3 Å². The third kappa shape index (κ3) is 3.28.